The molecule has 7 atom stereocenters. The number of ketones is 2. The number of nitrogens with zero attached hydrogens (tertiary/aromatic N) is 3. The molecule has 2 spiro atoms. The molecule has 5 rings (SSSR count). The molecule has 2 N–H and O–H groups in total. The van der Waals surface area contributed by atoms with Crippen LogP contribution in [0.3, 0.4) is 0 Å². The molecule has 0 radical (unpaired) electrons. The zero-order valence-corrected chi connectivity index (χ0v) is 37.6. The summed E-state index contributed by atoms with van der Waals surface area (Å²) in [6.45, 7) is 27.2. The van der Waals surface area contributed by atoms with E-state index in [1.165, 1.54) is 4.31 Å². The summed E-state index contributed by atoms with van der Waals surface area (Å²) in [5.41, 5.74) is -2.29. The number of hydrogen-bond donors (Lipinski definition) is 2. The van der Waals surface area contributed by atoms with E-state index in [0.717, 1.165) is 45.1 Å². The van der Waals surface area contributed by atoms with Crippen LogP contribution in [0.1, 0.15) is 140 Å². The number of carbonyl (C=O) groups excluding carboxylic acids is 5. The fourth-order valence-corrected chi connectivity index (χ4v) is 12.8. The molecule has 12 nitrogen and oxygen atoms in total. The summed E-state index contributed by atoms with van der Waals surface area (Å²) in [7, 11) is -4.12. The van der Waals surface area contributed by atoms with Crippen LogP contribution in [-0.4, -0.2) is 102 Å². The van der Waals surface area contributed by atoms with E-state index in [1.54, 1.807) is 24.8 Å². The average Bonchev–Trinajstić information content (AvgIpc) is 3.83. The first-order chi connectivity index (χ1) is 26.4. The van der Waals surface area contributed by atoms with Gasteiger partial charge in [0.1, 0.15) is 0 Å². The van der Waals surface area contributed by atoms with Gasteiger partial charge in [-0.05, 0) is 87.0 Å². The van der Waals surface area contributed by atoms with E-state index in [2.05, 4.69) is 49.2 Å². The van der Waals surface area contributed by atoms with Crippen LogP contribution in [0.5, 0.6) is 0 Å². The molecular weight excluding hydrogens is 743 g/mol. The van der Waals surface area contributed by atoms with Gasteiger partial charge >= 0.3 is 10.2 Å². The van der Waals surface area contributed by atoms with Crippen LogP contribution in [0.2, 0.25) is 0 Å². The smallest absolute Gasteiger partial charge is 0.303 e. The maximum absolute atomic E-state index is 15.2. The number of rotatable bonds is 17. The third-order valence-corrected chi connectivity index (χ3v) is 17.3. The van der Waals surface area contributed by atoms with Crippen molar-refractivity contribution in [3.05, 3.63) is 12.7 Å². The SMILES string of the molecule is C=C[C@@H]1C[C@]1(CC(=O)[C@@H]1C[C@@]2(CN1C(=O)[C@@H](CC(=O)[C@@H](NC(=O)[C@@H]1CCCCN1C(C)C)C(C)C)C(C)(C)C)C(C)(C)C21CCC1)C(=O)NS(=O)(=O)N(CC)CC. The predicted molar refractivity (Wildman–Crippen MR) is 222 cm³/mol. The Labute approximate surface area is 343 Å². The normalized spacial score (nSPS) is 30.3. The number of nitrogens with one attached hydrogen (secondary N) is 2. The number of allylic oxidation sites excluding steroid dienone is 1. The monoisotopic (exact) mass is 816 g/mol. The largest absolute Gasteiger partial charge is 0.345 e. The number of piperidine rings is 1. The van der Waals surface area contributed by atoms with Crippen LogP contribution in [0.15, 0.2) is 12.7 Å². The molecule has 0 aromatic carbocycles. The second-order valence-corrected chi connectivity index (χ2v) is 22.0. The Morgan fingerprint density at radius 1 is 0.930 bits per heavy atom. The molecule has 3 aliphatic carbocycles. The van der Waals surface area contributed by atoms with Gasteiger partial charge in [-0.25, -0.2) is 4.72 Å². The lowest BCUT2D eigenvalue weighted by Crippen LogP contribution is -2.56. The van der Waals surface area contributed by atoms with Gasteiger partial charge in [0.25, 0.3) is 0 Å². The minimum atomic E-state index is -4.12. The summed E-state index contributed by atoms with van der Waals surface area (Å²) < 4.78 is 29.7. The lowest BCUT2D eigenvalue weighted by Gasteiger charge is -2.39. The highest BCUT2D eigenvalue weighted by atomic mass is 32.2. The van der Waals surface area contributed by atoms with Gasteiger partial charge < -0.3 is 10.2 Å². The number of fused-ring (bicyclic) bond motifs is 1. The van der Waals surface area contributed by atoms with Crippen molar-refractivity contribution >= 4 is 39.5 Å². The van der Waals surface area contributed by atoms with E-state index in [9.17, 15) is 27.6 Å². The van der Waals surface area contributed by atoms with Crippen molar-refractivity contribution in [3.63, 3.8) is 0 Å². The van der Waals surface area contributed by atoms with E-state index in [0.29, 0.717) is 19.4 Å². The van der Waals surface area contributed by atoms with Crippen molar-refractivity contribution in [3.8, 4) is 0 Å². The lowest BCUT2D eigenvalue weighted by molar-refractivity contribution is -0.147. The maximum atomic E-state index is 15.2. The first-order valence-electron chi connectivity index (χ1n) is 21.8. The van der Waals surface area contributed by atoms with E-state index in [4.69, 9.17) is 0 Å². The molecule has 5 aliphatic rings. The molecule has 57 heavy (non-hydrogen) atoms. The number of likely N-dealkylation sites (tertiary alicyclic amines) is 2. The minimum Gasteiger partial charge on any atom is -0.345 e. The van der Waals surface area contributed by atoms with E-state index in [-0.39, 0.29) is 89.5 Å². The predicted octanol–water partition coefficient (Wildman–Crippen LogP) is 5.66. The molecule has 0 bridgehead atoms. The van der Waals surface area contributed by atoms with Gasteiger partial charge in [0.05, 0.1) is 23.5 Å². The lowest BCUT2D eigenvalue weighted by atomic mass is 9.73. The number of carbonyl (C=O) groups is 5. The summed E-state index contributed by atoms with van der Waals surface area (Å²) in [6, 6.07) is -1.71. The van der Waals surface area contributed by atoms with Crippen molar-refractivity contribution in [2.24, 2.45) is 44.8 Å². The Balaban J connectivity index is 1.42. The highest BCUT2D eigenvalue weighted by Crippen LogP contribution is 2.88. The number of amides is 3. The highest BCUT2D eigenvalue weighted by Gasteiger charge is 2.85. The van der Waals surface area contributed by atoms with Gasteiger partial charge in [-0.2, -0.15) is 12.7 Å². The summed E-state index contributed by atoms with van der Waals surface area (Å²) in [4.78, 5) is 75.9. The number of Topliss-reactive ketones (excluding diaryl/α,β-unsaturated/α-hetero) is 2. The van der Waals surface area contributed by atoms with Crippen LogP contribution < -0.4 is 10.0 Å². The quantitative estimate of drug-likeness (QED) is 0.179. The Kier molecular flexibility index (Phi) is 12.8. The van der Waals surface area contributed by atoms with Gasteiger partial charge in [-0.1, -0.05) is 81.2 Å². The molecule has 0 aromatic rings. The summed E-state index contributed by atoms with van der Waals surface area (Å²) >= 11 is 0. The Morgan fingerprint density at radius 2 is 1.56 bits per heavy atom. The fraction of sp³-hybridized carbons (Fsp3) is 0.841. The van der Waals surface area contributed by atoms with Gasteiger partial charge in [0.15, 0.2) is 11.6 Å². The second kappa shape index (κ2) is 16.1. The molecule has 0 unspecified atom stereocenters. The Hall–Kier alpha value is -2.64. The third kappa shape index (κ3) is 7.80. The third-order valence-electron chi connectivity index (χ3n) is 15.7. The summed E-state index contributed by atoms with van der Waals surface area (Å²) in [5.74, 6) is -2.93. The standard InChI is InChI=1S/C44H73N5O7S/c1-13-30-24-42(30,39(54)46-57(55,56)47(14-2)15-3)26-35(51)33-25-44(41(11,12)43(44)20-18-21-43)27-49(33)38(53)31(40(8,9)10)23-34(50)36(28(4)5)45-37(52)32-19-16-17-22-48(32)29(6)7/h13,28-33,36H,1,14-27H2,2-12H3,(H,45,52)(H,46,54)/t30-,31-,32+,33+,36+,42-,44-/m1/s1. The fourth-order valence-electron chi connectivity index (χ4n) is 11.6. The summed E-state index contributed by atoms with van der Waals surface area (Å²) in [6.07, 6.45) is 7.96. The second-order valence-electron chi connectivity index (χ2n) is 20.4. The molecule has 13 heteroatoms. The van der Waals surface area contributed by atoms with Crippen LogP contribution in [-0.2, 0) is 34.2 Å². The van der Waals surface area contributed by atoms with Crippen LogP contribution in [0.25, 0.3) is 0 Å². The van der Waals surface area contributed by atoms with Crippen LogP contribution in [0, 0.1) is 44.8 Å². The first kappa shape index (κ1) is 45.4. The average molecular weight is 816 g/mol. The van der Waals surface area contributed by atoms with E-state index >= 15 is 4.79 Å². The Bertz CT molecular complexity index is 1710. The molecule has 2 saturated heterocycles. The topological polar surface area (TPSA) is 153 Å². The van der Waals surface area contributed by atoms with Crippen molar-refractivity contribution in [2.45, 2.75) is 165 Å². The van der Waals surface area contributed by atoms with Gasteiger partial charge in [0.2, 0.25) is 17.7 Å². The van der Waals surface area contributed by atoms with E-state index < -0.39 is 44.9 Å². The Morgan fingerprint density at radius 3 is 2.04 bits per heavy atom. The molecule has 5 fully saturated rings. The van der Waals surface area contributed by atoms with Crippen molar-refractivity contribution in [2.75, 3.05) is 26.2 Å². The van der Waals surface area contributed by atoms with Gasteiger partial charge in [0, 0.05) is 49.9 Å². The zero-order valence-electron chi connectivity index (χ0n) is 36.8. The minimum absolute atomic E-state index is 0.0206. The zero-order chi connectivity index (χ0) is 42.7. The molecule has 2 aliphatic heterocycles. The highest BCUT2D eigenvalue weighted by molar-refractivity contribution is 7.87. The van der Waals surface area contributed by atoms with Crippen molar-refractivity contribution in [1.82, 2.24) is 24.1 Å². The van der Waals surface area contributed by atoms with Crippen molar-refractivity contribution in [1.29, 1.82) is 0 Å². The van der Waals surface area contributed by atoms with Crippen molar-refractivity contribution < 1.29 is 32.4 Å². The molecule has 322 valence electrons. The van der Waals surface area contributed by atoms with Gasteiger partial charge in [-0.3, -0.25) is 28.9 Å². The van der Waals surface area contributed by atoms with Gasteiger partial charge in [-0.15, -0.1) is 6.58 Å². The molecule has 3 amide bonds. The molecular formula is C44H73N5O7S. The maximum Gasteiger partial charge on any atom is 0.303 e. The molecule has 2 heterocycles. The van der Waals surface area contributed by atoms with Crippen LogP contribution in [0.4, 0.5) is 0 Å². The number of hydrogen-bond acceptors (Lipinski definition) is 8. The molecule has 0 aromatic heterocycles. The summed E-state index contributed by atoms with van der Waals surface area (Å²) in [5, 5.41) is 3.11. The van der Waals surface area contributed by atoms with E-state index in [1.807, 2.05) is 34.6 Å². The molecule has 3 saturated carbocycles. The van der Waals surface area contributed by atoms with Crippen LogP contribution >= 0.6 is 0 Å². The first-order valence-corrected chi connectivity index (χ1v) is 23.2.